The van der Waals surface area contributed by atoms with Gasteiger partial charge in [-0.2, -0.15) is 0 Å². The van der Waals surface area contributed by atoms with E-state index >= 15 is 0 Å². The van der Waals surface area contributed by atoms with Crippen LogP contribution in [0.25, 0.3) is 0 Å². The monoisotopic (exact) mass is 279 g/mol. The van der Waals surface area contributed by atoms with Crippen molar-refractivity contribution in [1.29, 1.82) is 0 Å². The number of nitrogens with one attached hydrogen (secondary N) is 1. The molecule has 0 radical (unpaired) electrons. The topological polar surface area (TPSA) is 32.3 Å². The quantitative estimate of drug-likeness (QED) is 0.883. The Kier molecular flexibility index (Phi) is 4.50. The summed E-state index contributed by atoms with van der Waals surface area (Å²) < 4.78 is 13.2. The SMILES string of the molecule is Cc1ccc(F)cc1CNCC1(O)CCC(C)(C)CC1. The van der Waals surface area contributed by atoms with Crippen LogP contribution in [0.2, 0.25) is 0 Å². The molecule has 1 aliphatic rings. The molecule has 1 fully saturated rings. The van der Waals surface area contributed by atoms with E-state index in [9.17, 15) is 9.50 Å². The van der Waals surface area contributed by atoms with Gasteiger partial charge in [0.15, 0.2) is 0 Å². The Morgan fingerprint density at radius 1 is 1.20 bits per heavy atom. The third kappa shape index (κ3) is 4.03. The second kappa shape index (κ2) is 5.82. The summed E-state index contributed by atoms with van der Waals surface area (Å²) >= 11 is 0. The number of aryl methyl sites for hydroxylation is 1. The Morgan fingerprint density at radius 3 is 2.50 bits per heavy atom. The number of benzene rings is 1. The molecule has 20 heavy (non-hydrogen) atoms. The third-order valence-corrected chi connectivity index (χ3v) is 4.61. The van der Waals surface area contributed by atoms with Gasteiger partial charge in [-0.05, 0) is 61.3 Å². The van der Waals surface area contributed by atoms with Crippen molar-refractivity contribution in [2.24, 2.45) is 5.41 Å². The highest BCUT2D eigenvalue weighted by Crippen LogP contribution is 2.39. The molecule has 0 aromatic heterocycles. The van der Waals surface area contributed by atoms with Crippen LogP contribution < -0.4 is 5.32 Å². The molecule has 0 heterocycles. The number of rotatable bonds is 4. The Bertz CT molecular complexity index is 460. The molecule has 1 aromatic carbocycles. The molecule has 2 nitrogen and oxygen atoms in total. The summed E-state index contributed by atoms with van der Waals surface area (Å²) in [7, 11) is 0. The third-order valence-electron chi connectivity index (χ3n) is 4.61. The summed E-state index contributed by atoms with van der Waals surface area (Å²) in [5, 5.41) is 13.9. The van der Waals surface area contributed by atoms with Crippen molar-refractivity contribution in [3.63, 3.8) is 0 Å². The Balaban J connectivity index is 1.85. The van der Waals surface area contributed by atoms with Crippen molar-refractivity contribution in [3.8, 4) is 0 Å². The van der Waals surface area contributed by atoms with E-state index in [1.807, 2.05) is 6.92 Å². The van der Waals surface area contributed by atoms with E-state index in [4.69, 9.17) is 0 Å². The fraction of sp³-hybridized carbons (Fsp3) is 0.647. The number of hydrogen-bond donors (Lipinski definition) is 2. The molecule has 0 amide bonds. The first-order valence-electron chi connectivity index (χ1n) is 7.48. The van der Waals surface area contributed by atoms with Gasteiger partial charge in [0.25, 0.3) is 0 Å². The number of hydrogen-bond acceptors (Lipinski definition) is 2. The smallest absolute Gasteiger partial charge is 0.123 e. The van der Waals surface area contributed by atoms with Gasteiger partial charge in [0, 0.05) is 13.1 Å². The van der Waals surface area contributed by atoms with Crippen LogP contribution in [0, 0.1) is 18.2 Å². The average Bonchev–Trinajstić information content (AvgIpc) is 2.38. The van der Waals surface area contributed by atoms with Crippen LogP contribution in [0.3, 0.4) is 0 Å². The number of aliphatic hydroxyl groups is 1. The standard InChI is InChI=1S/C17H26FNO/c1-13-4-5-15(18)10-14(13)11-19-12-17(20)8-6-16(2,3)7-9-17/h4-5,10,19-20H,6-9,11-12H2,1-3H3. The first-order chi connectivity index (χ1) is 9.30. The minimum Gasteiger partial charge on any atom is -0.389 e. The van der Waals surface area contributed by atoms with E-state index in [0.29, 0.717) is 18.5 Å². The van der Waals surface area contributed by atoms with Gasteiger partial charge in [0.05, 0.1) is 5.60 Å². The van der Waals surface area contributed by atoms with E-state index in [0.717, 1.165) is 36.8 Å². The second-order valence-electron chi connectivity index (χ2n) is 7.06. The van der Waals surface area contributed by atoms with Gasteiger partial charge in [0.1, 0.15) is 5.82 Å². The van der Waals surface area contributed by atoms with Gasteiger partial charge in [-0.15, -0.1) is 0 Å². The highest BCUT2D eigenvalue weighted by atomic mass is 19.1. The highest BCUT2D eigenvalue weighted by molar-refractivity contribution is 5.26. The molecule has 0 spiro atoms. The molecule has 1 saturated carbocycles. The minimum absolute atomic E-state index is 0.203. The van der Waals surface area contributed by atoms with Gasteiger partial charge in [-0.1, -0.05) is 19.9 Å². The molecule has 1 aliphatic carbocycles. The molecular weight excluding hydrogens is 253 g/mol. The fourth-order valence-electron chi connectivity index (χ4n) is 2.83. The van der Waals surface area contributed by atoms with E-state index in [-0.39, 0.29) is 5.82 Å². The molecule has 2 rings (SSSR count). The lowest BCUT2D eigenvalue weighted by Crippen LogP contribution is -2.44. The molecule has 0 saturated heterocycles. The molecule has 112 valence electrons. The zero-order chi connectivity index (χ0) is 14.8. The van der Waals surface area contributed by atoms with E-state index in [2.05, 4.69) is 19.2 Å². The molecule has 0 atom stereocenters. The molecule has 0 bridgehead atoms. The summed E-state index contributed by atoms with van der Waals surface area (Å²) in [6.07, 6.45) is 3.80. The van der Waals surface area contributed by atoms with Crippen molar-refractivity contribution >= 4 is 0 Å². The fourth-order valence-corrected chi connectivity index (χ4v) is 2.83. The highest BCUT2D eigenvalue weighted by Gasteiger charge is 2.36. The summed E-state index contributed by atoms with van der Waals surface area (Å²) in [5.74, 6) is -0.203. The maximum Gasteiger partial charge on any atom is 0.123 e. The lowest BCUT2D eigenvalue weighted by Gasteiger charge is -2.40. The first-order valence-corrected chi connectivity index (χ1v) is 7.48. The summed E-state index contributed by atoms with van der Waals surface area (Å²) in [4.78, 5) is 0. The Labute approximate surface area is 121 Å². The minimum atomic E-state index is -0.600. The lowest BCUT2D eigenvalue weighted by atomic mass is 9.71. The van der Waals surface area contributed by atoms with Crippen LogP contribution in [0.4, 0.5) is 4.39 Å². The van der Waals surface area contributed by atoms with Crippen LogP contribution in [0.5, 0.6) is 0 Å². The van der Waals surface area contributed by atoms with Gasteiger partial charge in [-0.25, -0.2) is 4.39 Å². The number of halogens is 1. The lowest BCUT2D eigenvalue weighted by molar-refractivity contribution is -0.0245. The largest absolute Gasteiger partial charge is 0.389 e. The van der Waals surface area contributed by atoms with Crippen LogP contribution >= 0.6 is 0 Å². The molecule has 0 unspecified atom stereocenters. The Morgan fingerprint density at radius 2 is 1.85 bits per heavy atom. The molecule has 3 heteroatoms. The zero-order valence-corrected chi connectivity index (χ0v) is 12.8. The predicted molar refractivity (Wildman–Crippen MR) is 80.0 cm³/mol. The van der Waals surface area contributed by atoms with E-state index in [1.54, 1.807) is 12.1 Å². The zero-order valence-electron chi connectivity index (χ0n) is 12.8. The van der Waals surface area contributed by atoms with Gasteiger partial charge in [0.2, 0.25) is 0 Å². The van der Waals surface area contributed by atoms with Crippen molar-refractivity contribution in [2.45, 2.75) is 58.6 Å². The van der Waals surface area contributed by atoms with Gasteiger partial charge < -0.3 is 10.4 Å². The molecule has 1 aromatic rings. The summed E-state index contributed by atoms with van der Waals surface area (Å²) in [5.41, 5.74) is 1.79. The van der Waals surface area contributed by atoms with Crippen molar-refractivity contribution in [1.82, 2.24) is 5.32 Å². The first kappa shape index (κ1) is 15.5. The normalized spacial score (nSPS) is 20.9. The molecular formula is C17H26FNO. The maximum atomic E-state index is 13.2. The molecule has 0 aliphatic heterocycles. The molecule has 2 N–H and O–H groups in total. The predicted octanol–water partition coefficient (Wildman–Crippen LogP) is 3.56. The van der Waals surface area contributed by atoms with Gasteiger partial charge in [-0.3, -0.25) is 0 Å². The van der Waals surface area contributed by atoms with Gasteiger partial charge >= 0.3 is 0 Å². The summed E-state index contributed by atoms with van der Waals surface area (Å²) in [6.45, 7) is 7.69. The van der Waals surface area contributed by atoms with Crippen LogP contribution in [-0.2, 0) is 6.54 Å². The van der Waals surface area contributed by atoms with Crippen molar-refractivity contribution in [3.05, 3.63) is 35.1 Å². The van der Waals surface area contributed by atoms with Crippen LogP contribution in [-0.4, -0.2) is 17.3 Å². The van der Waals surface area contributed by atoms with Crippen molar-refractivity contribution < 1.29 is 9.50 Å². The van der Waals surface area contributed by atoms with Crippen molar-refractivity contribution in [2.75, 3.05) is 6.54 Å². The maximum absolute atomic E-state index is 13.2. The average molecular weight is 279 g/mol. The van der Waals surface area contributed by atoms with E-state index in [1.165, 1.54) is 6.07 Å². The van der Waals surface area contributed by atoms with E-state index < -0.39 is 5.60 Å². The van der Waals surface area contributed by atoms with Crippen LogP contribution in [0.1, 0.15) is 50.7 Å². The van der Waals surface area contributed by atoms with Crippen LogP contribution in [0.15, 0.2) is 18.2 Å². The second-order valence-corrected chi connectivity index (χ2v) is 7.06. The Hall–Kier alpha value is -0.930. The summed E-state index contributed by atoms with van der Waals surface area (Å²) in [6, 6.07) is 4.84.